The third-order valence-corrected chi connectivity index (χ3v) is 23.9. The van der Waals surface area contributed by atoms with Crippen LogP contribution in [-0.2, 0) is 13.6 Å². The zero-order chi connectivity index (χ0) is 38.8. The molecule has 0 aromatic carbocycles. The van der Waals surface area contributed by atoms with Gasteiger partial charge in [0.1, 0.15) is 0 Å². The van der Waals surface area contributed by atoms with E-state index < -0.39 is 16.6 Å². The lowest BCUT2D eigenvalue weighted by Crippen LogP contribution is -2.49. The lowest BCUT2D eigenvalue weighted by Gasteiger charge is -2.45. The Hall–Kier alpha value is -1.28. The Balaban J connectivity index is 1.50. The fraction of sp³-hybridized carbons (Fsp3) is 0.766. The van der Waals surface area contributed by atoms with E-state index in [4.69, 9.17) is 15.4 Å². The molecule has 0 N–H and O–H groups in total. The summed E-state index contributed by atoms with van der Waals surface area (Å²) in [5.74, 6) is 1.95. The average molecular weight is 749 g/mol. The van der Waals surface area contributed by atoms with E-state index in [1.165, 1.54) is 68.9 Å². The summed E-state index contributed by atoms with van der Waals surface area (Å²) >= 11 is 0. The van der Waals surface area contributed by atoms with Crippen LogP contribution in [0.1, 0.15) is 152 Å². The maximum Gasteiger partial charge on any atom is 0.192 e. The van der Waals surface area contributed by atoms with Gasteiger partial charge in [-0.05, 0) is 141 Å². The van der Waals surface area contributed by atoms with Crippen molar-refractivity contribution in [3.8, 4) is 0 Å². The first-order valence-corrected chi connectivity index (χ1v) is 27.2. The number of hydrogen-bond donors (Lipinski definition) is 0. The molecule has 4 fully saturated rings. The van der Waals surface area contributed by atoms with Crippen molar-refractivity contribution < 1.29 is 13.6 Å². The van der Waals surface area contributed by atoms with E-state index in [-0.39, 0.29) is 33.1 Å². The Labute approximate surface area is 323 Å². The van der Waals surface area contributed by atoms with Crippen LogP contribution in [0.4, 0.5) is 0 Å². The average Bonchev–Trinajstić information content (AvgIpc) is 3.74. The van der Waals surface area contributed by atoms with E-state index in [0.717, 1.165) is 32.1 Å². The maximum atomic E-state index is 13.4. The largest absolute Gasteiger partial charge is 0.413 e. The molecule has 5 heteroatoms. The number of ketones is 1. The van der Waals surface area contributed by atoms with Crippen molar-refractivity contribution in [2.75, 3.05) is 0 Å². The minimum absolute atomic E-state index is 0.00736. The van der Waals surface area contributed by atoms with Crippen LogP contribution < -0.4 is 0 Å². The highest BCUT2D eigenvalue weighted by molar-refractivity contribution is 6.74. The molecule has 0 aliphatic heterocycles. The smallest absolute Gasteiger partial charge is 0.192 e. The monoisotopic (exact) mass is 749 g/mol. The molecule has 6 atom stereocenters. The van der Waals surface area contributed by atoms with E-state index in [9.17, 15) is 4.79 Å². The molecule has 4 aliphatic carbocycles. The van der Waals surface area contributed by atoms with Gasteiger partial charge < -0.3 is 8.85 Å². The normalized spacial score (nSPS) is 30.8. The fourth-order valence-electron chi connectivity index (χ4n) is 9.08. The zero-order valence-electron chi connectivity index (χ0n) is 36.2. The molecular formula is C47H80O3Si2. The van der Waals surface area contributed by atoms with Gasteiger partial charge in [-0.25, -0.2) is 0 Å². The summed E-state index contributed by atoms with van der Waals surface area (Å²) in [7, 11) is -3.95. The molecule has 0 aromatic rings. The second-order valence-electron chi connectivity index (χ2n) is 20.9. The van der Waals surface area contributed by atoms with Crippen LogP contribution in [-0.4, -0.2) is 34.6 Å². The van der Waals surface area contributed by atoms with Gasteiger partial charge in [-0.15, -0.1) is 0 Å². The third kappa shape index (κ3) is 10.1. The minimum atomic E-state index is -2.00. The number of carbonyl (C=O) groups excluding carboxylic acids is 1. The van der Waals surface area contributed by atoms with Crippen molar-refractivity contribution in [1.82, 2.24) is 0 Å². The molecule has 0 radical (unpaired) electrons. The maximum absolute atomic E-state index is 13.4. The third-order valence-electron chi connectivity index (χ3n) is 14.9. The van der Waals surface area contributed by atoms with Crippen LogP contribution in [0, 0.1) is 28.6 Å². The first kappa shape index (κ1) is 43.5. The van der Waals surface area contributed by atoms with Crippen molar-refractivity contribution in [1.29, 1.82) is 0 Å². The predicted molar refractivity (Wildman–Crippen MR) is 230 cm³/mol. The zero-order valence-corrected chi connectivity index (χ0v) is 38.2. The van der Waals surface area contributed by atoms with E-state index in [2.05, 4.69) is 119 Å². The molecule has 4 saturated carbocycles. The van der Waals surface area contributed by atoms with Crippen LogP contribution in [0.2, 0.25) is 36.3 Å². The second-order valence-corrected chi connectivity index (χ2v) is 30.4. The van der Waals surface area contributed by atoms with Crippen molar-refractivity contribution in [3.63, 3.8) is 0 Å². The molecule has 0 spiro atoms. The van der Waals surface area contributed by atoms with E-state index >= 15 is 0 Å². The minimum Gasteiger partial charge on any atom is -0.413 e. The first-order valence-electron chi connectivity index (χ1n) is 21.4. The van der Waals surface area contributed by atoms with Gasteiger partial charge in [-0.3, -0.25) is 4.79 Å². The first-order chi connectivity index (χ1) is 24.1. The molecule has 52 heavy (non-hydrogen) atoms. The summed E-state index contributed by atoms with van der Waals surface area (Å²) in [5.41, 5.74) is 4.19. The highest BCUT2D eigenvalue weighted by Crippen LogP contribution is 2.60. The summed E-state index contributed by atoms with van der Waals surface area (Å²) < 4.78 is 14.2. The van der Waals surface area contributed by atoms with E-state index in [0.29, 0.717) is 23.5 Å². The topological polar surface area (TPSA) is 35.5 Å². The van der Waals surface area contributed by atoms with Gasteiger partial charge in [-0.1, -0.05) is 124 Å². The Kier molecular flexibility index (Phi) is 14.1. The van der Waals surface area contributed by atoms with Crippen LogP contribution in [0.5, 0.6) is 0 Å². The van der Waals surface area contributed by atoms with Gasteiger partial charge in [0.05, 0.1) is 17.6 Å². The van der Waals surface area contributed by atoms with Gasteiger partial charge in [0.15, 0.2) is 22.4 Å². The molecule has 0 saturated heterocycles. The number of hydrogen-bond acceptors (Lipinski definition) is 3. The van der Waals surface area contributed by atoms with Crippen LogP contribution >= 0.6 is 0 Å². The van der Waals surface area contributed by atoms with Crippen molar-refractivity contribution in [2.45, 2.75) is 201 Å². The summed E-state index contributed by atoms with van der Waals surface area (Å²) in [6, 6.07) is 0. The number of rotatable bonds is 15. The van der Waals surface area contributed by atoms with Gasteiger partial charge in [-0.2, -0.15) is 0 Å². The summed E-state index contributed by atoms with van der Waals surface area (Å²) in [6.45, 7) is 35.4. The Morgan fingerprint density at radius 3 is 2.21 bits per heavy atom. The van der Waals surface area contributed by atoms with Crippen LogP contribution in [0.15, 0.2) is 59.8 Å². The highest BCUT2D eigenvalue weighted by Gasteiger charge is 2.51. The predicted octanol–water partition coefficient (Wildman–Crippen LogP) is 14.3. The lowest BCUT2D eigenvalue weighted by atomic mass is 9.61. The van der Waals surface area contributed by atoms with E-state index in [1.807, 2.05) is 6.08 Å². The summed E-state index contributed by atoms with van der Waals surface area (Å²) in [4.78, 5) is 13.4. The molecular weight excluding hydrogens is 669 g/mol. The molecule has 4 aliphatic rings. The number of fused-ring (bicyclic) bond motifs is 1. The lowest BCUT2D eigenvalue weighted by molar-refractivity contribution is -0.117. The standard InChI is InChI=1S/C47H80O3Si2/c1-15-16-17-18-19-20-30-47(31-32-47)43(48)28-23-35(2)40-26-27-41-37(22-21-29-46(40,41)10)24-25-38-33-39(49-51(11,12)44(4,5)6)34-42(36(38)3)50-52(13,14)45(7,8)9/h20,23-25,28,30,35,39-42H,3,15-19,21-22,26-27,29,31-34H2,1-2,4-14H3/t35-,39-,40-,41+,42+,46-/m1/s1. The second kappa shape index (κ2) is 16.8. The number of allylic oxidation sites excluding steroid dienone is 7. The van der Waals surface area contributed by atoms with Gasteiger partial charge in [0.25, 0.3) is 0 Å². The number of carbonyl (C=O) groups is 1. The Morgan fingerprint density at radius 2 is 1.60 bits per heavy atom. The molecule has 294 valence electrons. The summed E-state index contributed by atoms with van der Waals surface area (Å²) in [6.07, 6.45) is 30.2. The highest BCUT2D eigenvalue weighted by atomic mass is 28.4. The molecule has 0 unspecified atom stereocenters. The number of unbranched alkanes of at least 4 members (excludes halogenated alkanes) is 4. The van der Waals surface area contributed by atoms with Crippen molar-refractivity contribution >= 4 is 22.4 Å². The fourth-order valence-corrected chi connectivity index (χ4v) is 11.7. The molecule has 0 heterocycles. The van der Waals surface area contributed by atoms with Crippen LogP contribution in [0.25, 0.3) is 0 Å². The van der Waals surface area contributed by atoms with Crippen molar-refractivity contribution in [3.05, 3.63) is 59.8 Å². The Morgan fingerprint density at radius 1 is 0.942 bits per heavy atom. The quantitative estimate of drug-likeness (QED) is 0.0724. The van der Waals surface area contributed by atoms with Gasteiger partial charge in [0.2, 0.25) is 0 Å². The van der Waals surface area contributed by atoms with Crippen LogP contribution in [0.3, 0.4) is 0 Å². The Bertz CT molecular complexity index is 1380. The van der Waals surface area contributed by atoms with E-state index in [1.54, 1.807) is 5.57 Å². The van der Waals surface area contributed by atoms with Gasteiger partial charge in [0, 0.05) is 6.42 Å². The summed E-state index contributed by atoms with van der Waals surface area (Å²) in [5, 5.41) is 0.305. The van der Waals surface area contributed by atoms with Crippen molar-refractivity contribution in [2.24, 2.45) is 28.6 Å². The molecule has 4 rings (SSSR count). The molecule has 0 aromatic heterocycles. The molecule has 0 bridgehead atoms. The van der Waals surface area contributed by atoms with Gasteiger partial charge >= 0.3 is 0 Å². The molecule has 3 nitrogen and oxygen atoms in total. The molecule has 0 amide bonds. The SMILES string of the molecule is C=C1C(=CC=C2CCC[C@]3(C)[C@@H]([C@H](C)C=CC(=O)C4(C=CCCCCCC)CC4)CC[C@@H]23)C[C@@H](O[Si](C)(C)C(C)(C)C)C[C@@H]1O[Si](C)(C)C(C)(C)C.